The van der Waals surface area contributed by atoms with Crippen molar-refractivity contribution in [3.8, 4) is 0 Å². The van der Waals surface area contributed by atoms with Gasteiger partial charge in [-0.1, -0.05) is 0 Å². The molecule has 0 spiro atoms. The fourth-order valence-corrected chi connectivity index (χ4v) is 2.27. The van der Waals surface area contributed by atoms with E-state index in [0.717, 1.165) is 0 Å². The molecule has 0 bridgehead atoms. The molecular formula is C12H18N4O3. The van der Waals surface area contributed by atoms with Crippen molar-refractivity contribution in [3.05, 3.63) is 12.1 Å². The lowest BCUT2D eigenvalue weighted by molar-refractivity contribution is -0.138. The lowest BCUT2D eigenvalue weighted by atomic mass is 10.2. The Bertz CT molecular complexity index is 492. The standard InChI is InChI=1S/C12H18N4O3/c1-15(2)11-8(13)3-4-10(14-11)16-6-7(17)5-9(16)12(18)19/h3-4,7,9,17H,5-6,13H2,1-2H3,(H,18,19). The maximum atomic E-state index is 11.2. The first kappa shape index (κ1) is 13.4. The largest absolute Gasteiger partial charge is 0.480 e. The Balaban J connectivity index is 2.35. The van der Waals surface area contributed by atoms with E-state index in [1.165, 1.54) is 0 Å². The molecule has 104 valence electrons. The first-order valence-corrected chi connectivity index (χ1v) is 6.01. The zero-order valence-corrected chi connectivity index (χ0v) is 10.9. The van der Waals surface area contributed by atoms with Crippen molar-refractivity contribution in [1.29, 1.82) is 0 Å². The highest BCUT2D eigenvalue weighted by atomic mass is 16.4. The SMILES string of the molecule is CN(C)c1nc(N2CC(O)CC2C(=O)O)ccc1N. The zero-order valence-electron chi connectivity index (χ0n) is 10.9. The molecule has 1 aromatic rings. The molecule has 7 heteroatoms. The monoisotopic (exact) mass is 266 g/mol. The number of carbonyl (C=O) groups is 1. The van der Waals surface area contributed by atoms with Crippen LogP contribution in [0, 0.1) is 0 Å². The predicted octanol–water partition coefficient (Wildman–Crippen LogP) is -0.246. The van der Waals surface area contributed by atoms with E-state index in [-0.39, 0.29) is 13.0 Å². The maximum absolute atomic E-state index is 11.2. The third kappa shape index (κ3) is 2.55. The molecule has 2 atom stereocenters. The van der Waals surface area contributed by atoms with Gasteiger partial charge >= 0.3 is 5.97 Å². The number of nitrogens with zero attached hydrogens (tertiary/aromatic N) is 3. The van der Waals surface area contributed by atoms with Gasteiger partial charge in [-0.05, 0) is 12.1 Å². The topological polar surface area (TPSA) is 103 Å². The first-order valence-electron chi connectivity index (χ1n) is 6.01. The molecule has 1 fully saturated rings. The molecule has 1 saturated heterocycles. The molecule has 1 aliphatic heterocycles. The molecule has 1 aromatic heterocycles. The average Bonchev–Trinajstić information content (AvgIpc) is 2.71. The van der Waals surface area contributed by atoms with Crippen LogP contribution < -0.4 is 15.5 Å². The van der Waals surface area contributed by atoms with Crippen LogP contribution in [0.2, 0.25) is 0 Å². The van der Waals surface area contributed by atoms with E-state index in [0.29, 0.717) is 17.3 Å². The Morgan fingerprint density at radius 1 is 1.53 bits per heavy atom. The van der Waals surface area contributed by atoms with Crippen LogP contribution in [0.25, 0.3) is 0 Å². The predicted molar refractivity (Wildman–Crippen MR) is 72.4 cm³/mol. The second-order valence-corrected chi connectivity index (χ2v) is 4.87. The number of nitrogen functional groups attached to an aromatic ring is 1. The summed E-state index contributed by atoms with van der Waals surface area (Å²) in [4.78, 5) is 18.9. The highest BCUT2D eigenvalue weighted by Crippen LogP contribution is 2.28. The van der Waals surface area contributed by atoms with Gasteiger partial charge in [0.25, 0.3) is 0 Å². The van der Waals surface area contributed by atoms with Crippen LogP contribution in [0.3, 0.4) is 0 Å². The molecular weight excluding hydrogens is 248 g/mol. The number of aliphatic hydroxyl groups is 1. The molecule has 19 heavy (non-hydrogen) atoms. The fraction of sp³-hybridized carbons (Fsp3) is 0.500. The van der Waals surface area contributed by atoms with E-state index in [1.807, 2.05) is 14.1 Å². The average molecular weight is 266 g/mol. The van der Waals surface area contributed by atoms with Crippen LogP contribution in [-0.4, -0.2) is 54.0 Å². The summed E-state index contributed by atoms with van der Waals surface area (Å²) >= 11 is 0. The van der Waals surface area contributed by atoms with Gasteiger partial charge in [-0.3, -0.25) is 0 Å². The molecule has 0 amide bonds. The smallest absolute Gasteiger partial charge is 0.326 e. The van der Waals surface area contributed by atoms with Gasteiger partial charge in [0, 0.05) is 27.1 Å². The zero-order chi connectivity index (χ0) is 14.2. The Hall–Kier alpha value is -2.02. The van der Waals surface area contributed by atoms with Crippen LogP contribution in [0.4, 0.5) is 17.3 Å². The van der Waals surface area contributed by atoms with Crippen molar-refractivity contribution in [2.45, 2.75) is 18.6 Å². The van der Waals surface area contributed by atoms with Gasteiger partial charge in [0.05, 0.1) is 11.8 Å². The van der Waals surface area contributed by atoms with Crippen LogP contribution in [-0.2, 0) is 4.79 Å². The minimum atomic E-state index is -0.957. The van der Waals surface area contributed by atoms with Crippen molar-refractivity contribution in [3.63, 3.8) is 0 Å². The summed E-state index contributed by atoms with van der Waals surface area (Å²) in [5.74, 6) is 0.145. The molecule has 2 heterocycles. The highest BCUT2D eigenvalue weighted by Gasteiger charge is 2.36. The van der Waals surface area contributed by atoms with Crippen LogP contribution in [0.15, 0.2) is 12.1 Å². The first-order chi connectivity index (χ1) is 8.90. The van der Waals surface area contributed by atoms with Gasteiger partial charge < -0.3 is 25.7 Å². The van der Waals surface area contributed by atoms with Crippen molar-refractivity contribution in [2.75, 3.05) is 36.2 Å². The number of nitrogens with two attached hydrogens (primary N) is 1. The number of aromatic nitrogens is 1. The van der Waals surface area contributed by atoms with E-state index >= 15 is 0 Å². The van der Waals surface area contributed by atoms with E-state index in [9.17, 15) is 15.0 Å². The number of pyridine rings is 1. The number of aliphatic carboxylic acids is 1. The van der Waals surface area contributed by atoms with Crippen LogP contribution in [0.5, 0.6) is 0 Å². The Morgan fingerprint density at radius 3 is 2.79 bits per heavy atom. The normalized spacial score (nSPS) is 22.6. The summed E-state index contributed by atoms with van der Waals surface area (Å²) in [5, 5.41) is 18.8. The number of hydrogen-bond acceptors (Lipinski definition) is 6. The molecule has 0 radical (unpaired) electrons. The summed E-state index contributed by atoms with van der Waals surface area (Å²) in [6, 6.07) is 2.62. The minimum absolute atomic E-state index is 0.207. The van der Waals surface area contributed by atoms with Gasteiger partial charge in [-0.2, -0.15) is 0 Å². The number of rotatable bonds is 3. The van der Waals surface area contributed by atoms with Gasteiger partial charge in [-0.15, -0.1) is 0 Å². The van der Waals surface area contributed by atoms with Gasteiger partial charge in [0.2, 0.25) is 0 Å². The summed E-state index contributed by atoms with van der Waals surface area (Å²) < 4.78 is 0. The van der Waals surface area contributed by atoms with Crippen molar-refractivity contribution in [2.24, 2.45) is 0 Å². The third-order valence-corrected chi connectivity index (χ3v) is 3.17. The number of β-amino-alcohol motifs (C(OH)–C–C–N with tert-alkyl or cyclic N) is 1. The Kier molecular flexibility index (Phi) is 3.48. The van der Waals surface area contributed by atoms with E-state index in [2.05, 4.69) is 4.98 Å². The molecule has 0 saturated carbocycles. The molecule has 0 aliphatic carbocycles. The summed E-state index contributed by atoms with van der Waals surface area (Å²) in [6.45, 7) is 0.265. The third-order valence-electron chi connectivity index (χ3n) is 3.17. The minimum Gasteiger partial charge on any atom is -0.480 e. The van der Waals surface area contributed by atoms with E-state index < -0.39 is 18.1 Å². The van der Waals surface area contributed by atoms with Crippen LogP contribution in [0.1, 0.15) is 6.42 Å². The lowest BCUT2D eigenvalue weighted by Gasteiger charge is -2.24. The van der Waals surface area contributed by atoms with Gasteiger partial charge in [-0.25, -0.2) is 9.78 Å². The van der Waals surface area contributed by atoms with Crippen LogP contribution >= 0.6 is 0 Å². The lowest BCUT2D eigenvalue weighted by Crippen LogP contribution is -2.36. The summed E-state index contributed by atoms with van der Waals surface area (Å²) in [5.41, 5.74) is 6.35. The Labute approximate surface area is 111 Å². The number of carboxylic acids is 1. The quantitative estimate of drug-likeness (QED) is 0.693. The van der Waals surface area contributed by atoms with E-state index in [1.54, 1.807) is 21.9 Å². The van der Waals surface area contributed by atoms with Gasteiger partial charge in [0.1, 0.15) is 11.9 Å². The van der Waals surface area contributed by atoms with E-state index in [4.69, 9.17) is 5.73 Å². The second-order valence-electron chi connectivity index (χ2n) is 4.87. The molecule has 2 unspecified atom stereocenters. The number of anilines is 3. The molecule has 4 N–H and O–H groups in total. The van der Waals surface area contributed by atoms with Crippen molar-refractivity contribution >= 4 is 23.3 Å². The summed E-state index contributed by atoms with van der Waals surface area (Å²) in [6.07, 6.45) is -0.443. The number of hydrogen-bond donors (Lipinski definition) is 3. The van der Waals surface area contributed by atoms with Gasteiger partial charge in [0.15, 0.2) is 5.82 Å². The molecule has 0 aromatic carbocycles. The number of carboxylic acid groups (broad SMARTS) is 1. The fourth-order valence-electron chi connectivity index (χ4n) is 2.27. The molecule has 1 aliphatic rings. The molecule has 7 nitrogen and oxygen atoms in total. The molecule has 2 rings (SSSR count). The maximum Gasteiger partial charge on any atom is 0.326 e. The number of aliphatic hydroxyl groups excluding tert-OH is 1. The Morgan fingerprint density at radius 2 is 2.21 bits per heavy atom. The van der Waals surface area contributed by atoms with Crippen molar-refractivity contribution < 1.29 is 15.0 Å². The second kappa shape index (κ2) is 4.93. The van der Waals surface area contributed by atoms with Crippen molar-refractivity contribution in [1.82, 2.24) is 4.98 Å². The highest BCUT2D eigenvalue weighted by molar-refractivity contribution is 5.79. The summed E-state index contributed by atoms with van der Waals surface area (Å²) in [7, 11) is 3.63.